The second kappa shape index (κ2) is 7.96. The van der Waals surface area contributed by atoms with E-state index in [2.05, 4.69) is 45.0 Å². The van der Waals surface area contributed by atoms with Crippen molar-refractivity contribution >= 4 is 45.9 Å². The normalized spacial score (nSPS) is 10.7. The van der Waals surface area contributed by atoms with E-state index >= 15 is 0 Å². The number of aromatic nitrogens is 3. The average Bonchev–Trinajstić information content (AvgIpc) is 2.81. The summed E-state index contributed by atoms with van der Waals surface area (Å²) < 4.78 is 3.21. The van der Waals surface area contributed by atoms with Crippen molar-refractivity contribution in [2.75, 3.05) is 11.1 Å². The number of carbonyl (C=O) groups excluding carboxylic acids is 1. The first-order valence-corrected chi connectivity index (χ1v) is 9.16. The maximum absolute atomic E-state index is 12.1. The summed E-state index contributed by atoms with van der Waals surface area (Å²) in [4.78, 5) is 12.1. The molecule has 0 saturated heterocycles. The zero-order valence-electron chi connectivity index (χ0n) is 12.9. The number of nitrogens with one attached hydrogen (secondary N) is 1. The molecule has 2 rings (SSSR count). The molecule has 0 saturated carbocycles. The number of nitrogens with zero attached hydrogens (tertiary/aromatic N) is 3. The summed E-state index contributed by atoms with van der Waals surface area (Å²) in [5, 5.41) is 12.0. The summed E-state index contributed by atoms with van der Waals surface area (Å²) in [5.41, 5.74) is 1.92. The number of hydrogen-bond donors (Lipinski definition) is 1. The highest BCUT2D eigenvalue weighted by atomic mass is 127. The number of halogens is 1. The lowest BCUT2D eigenvalue weighted by molar-refractivity contribution is -0.113. The molecule has 1 N–H and O–H groups in total. The smallest absolute Gasteiger partial charge is 0.234 e. The van der Waals surface area contributed by atoms with Crippen molar-refractivity contribution < 1.29 is 4.79 Å². The monoisotopic (exact) mass is 430 g/mol. The van der Waals surface area contributed by atoms with Crippen LogP contribution in [0.15, 0.2) is 23.4 Å². The van der Waals surface area contributed by atoms with Crippen LogP contribution in [0.1, 0.15) is 24.7 Å². The number of thioether (sulfide) groups is 1. The van der Waals surface area contributed by atoms with Gasteiger partial charge in [0, 0.05) is 15.8 Å². The van der Waals surface area contributed by atoms with Crippen LogP contribution in [-0.4, -0.2) is 26.4 Å². The van der Waals surface area contributed by atoms with Crippen LogP contribution in [0.2, 0.25) is 0 Å². The Morgan fingerprint density at radius 2 is 2.14 bits per heavy atom. The van der Waals surface area contributed by atoms with Crippen LogP contribution < -0.4 is 5.32 Å². The Bertz CT molecular complexity index is 672. The van der Waals surface area contributed by atoms with E-state index in [4.69, 9.17) is 0 Å². The first kappa shape index (κ1) is 17.3. The zero-order chi connectivity index (χ0) is 16.1. The van der Waals surface area contributed by atoms with E-state index in [0.717, 1.165) is 38.8 Å². The third kappa shape index (κ3) is 4.45. The highest BCUT2D eigenvalue weighted by Crippen LogP contribution is 2.20. The molecule has 1 aromatic heterocycles. The van der Waals surface area contributed by atoms with E-state index in [1.165, 1.54) is 11.8 Å². The van der Waals surface area contributed by atoms with Gasteiger partial charge in [0.2, 0.25) is 5.91 Å². The Kier molecular flexibility index (Phi) is 6.25. The van der Waals surface area contributed by atoms with Gasteiger partial charge in [0.05, 0.1) is 5.75 Å². The Hall–Kier alpha value is -1.09. The molecule has 1 amide bonds. The third-order valence-corrected chi connectivity index (χ3v) is 4.78. The summed E-state index contributed by atoms with van der Waals surface area (Å²) in [7, 11) is 0. The number of amides is 1. The molecular formula is C15H19IN4OS. The second-order valence-electron chi connectivity index (χ2n) is 4.98. The van der Waals surface area contributed by atoms with E-state index in [-0.39, 0.29) is 5.91 Å². The SMILES string of the molecule is CCCn1c(C)nnc1SCC(=O)Nc1ccc(I)cc1C. The van der Waals surface area contributed by atoms with Gasteiger partial charge in [0.15, 0.2) is 5.16 Å². The van der Waals surface area contributed by atoms with Crippen molar-refractivity contribution in [1.29, 1.82) is 0 Å². The van der Waals surface area contributed by atoms with Crippen molar-refractivity contribution in [3.63, 3.8) is 0 Å². The minimum absolute atomic E-state index is 0.0296. The van der Waals surface area contributed by atoms with Gasteiger partial charge in [-0.05, 0) is 66.6 Å². The van der Waals surface area contributed by atoms with Crippen molar-refractivity contribution in [1.82, 2.24) is 14.8 Å². The maximum atomic E-state index is 12.1. The fourth-order valence-corrected chi connectivity index (χ4v) is 3.49. The van der Waals surface area contributed by atoms with Gasteiger partial charge in [-0.15, -0.1) is 10.2 Å². The molecule has 0 aliphatic heterocycles. The average molecular weight is 430 g/mol. The lowest BCUT2D eigenvalue weighted by atomic mass is 10.2. The first-order valence-electron chi connectivity index (χ1n) is 7.10. The zero-order valence-corrected chi connectivity index (χ0v) is 15.9. The lowest BCUT2D eigenvalue weighted by Crippen LogP contribution is -2.15. The predicted octanol–water partition coefficient (Wildman–Crippen LogP) is 3.64. The maximum Gasteiger partial charge on any atom is 0.234 e. The Morgan fingerprint density at radius 3 is 2.82 bits per heavy atom. The van der Waals surface area contributed by atoms with Crippen LogP contribution in [0.25, 0.3) is 0 Å². The van der Waals surface area contributed by atoms with Gasteiger partial charge < -0.3 is 9.88 Å². The summed E-state index contributed by atoms with van der Waals surface area (Å²) in [5.74, 6) is 1.18. The number of hydrogen-bond acceptors (Lipinski definition) is 4. The van der Waals surface area contributed by atoms with Crippen molar-refractivity contribution in [2.45, 2.75) is 38.9 Å². The molecule has 0 fully saturated rings. The van der Waals surface area contributed by atoms with Gasteiger partial charge in [0.1, 0.15) is 5.82 Å². The van der Waals surface area contributed by atoms with Crippen LogP contribution in [-0.2, 0) is 11.3 Å². The van der Waals surface area contributed by atoms with Gasteiger partial charge >= 0.3 is 0 Å². The van der Waals surface area contributed by atoms with Crippen LogP contribution in [0.5, 0.6) is 0 Å². The quantitative estimate of drug-likeness (QED) is 0.562. The molecule has 0 aliphatic carbocycles. The molecule has 2 aromatic rings. The molecule has 0 atom stereocenters. The summed E-state index contributed by atoms with van der Waals surface area (Å²) >= 11 is 3.68. The molecule has 22 heavy (non-hydrogen) atoms. The van der Waals surface area contributed by atoms with Crippen LogP contribution in [0.4, 0.5) is 5.69 Å². The minimum atomic E-state index is -0.0296. The summed E-state index contributed by atoms with van der Waals surface area (Å²) in [6.07, 6.45) is 1.01. The third-order valence-electron chi connectivity index (χ3n) is 3.14. The van der Waals surface area contributed by atoms with E-state index in [0.29, 0.717) is 5.75 Å². The largest absolute Gasteiger partial charge is 0.325 e. The summed E-state index contributed by atoms with van der Waals surface area (Å²) in [6.45, 7) is 6.91. The standard InChI is InChI=1S/C15H19IN4OS/c1-4-7-20-11(3)18-19-15(20)22-9-14(21)17-13-6-5-12(16)8-10(13)2/h5-6,8H,4,7,9H2,1-3H3,(H,17,21). The highest BCUT2D eigenvalue weighted by Gasteiger charge is 2.12. The van der Waals surface area contributed by atoms with Crippen LogP contribution in [0, 0.1) is 17.4 Å². The van der Waals surface area contributed by atoms with Gasteiger partial charge in [-0.2, -0.15) is 0 Å². The number of rotatable bonds is 6. The van der Waals surface area contributed by atoms with Gasteiger partial charge in [-0.1, -0.05) is 18.7 Å². The van der Waals surface area contributed by atoms with Gasteiger partial charge in [0.25, 0.3) is 0 Å². The highest BCUT2D eigenvalue weighted by molar-refractivity contribution is 14.1. The molecule has 0 unspecified atom stereocenters. The number of anilines is 1. The molecule has 0 spiro atoms. The summed E-state index contributed by atoms with van der Waals surface area (Å²) in [6, 6.07) is 5.96. The lowest BCUT2D eigenvalue weighted by Gasteiger charge is -2.09. The molecule has 0 aliphatic rings. The fraction of sp³-hybridized carbons (Fsp3) is 0.400. The van der Waals surface area contributed by atoms with Crippen molar-refractivity contribution in [3.05, 3.63) is 33.2 Å². The minimum Gasteiger partial charge on any atom is -0.325 e. The molecule has 5 nitrogen and oxygen atoms in total. The van der Waals surface area contributed by atoms with Crippen molar-refractivity contribution in [2.24, 2.45) is 0 Å². The van der Waals surface area contributed by atoms with E-state index in [1.54, 1.807) is 0 Å². The van der Waals surface area contributed by atoms with E-state index < -0.39 is 0 Å². The molecule has 0 radical (unpaired) electrons. The number of benzene rings is 1. The second-order valence-corrected chi connectivity index (χ2v) is 7.17. The molecule has 1 aromatic carbocycles. The van der Waals surface area contributed by atoms with Crippen molar-refractivity contribution in [3.8, 4) is 0 Å². The Labute approximate surface area is 148 Å². The Morgan fingerprint density at radius 1 is 1.36 bits per heavy atom. The molecular weight excluding hydrogens is 411 g/mol. The number of carbonyl (C=O) groups is 1. The molecule has 1 heterocycles. The van der Waals surface area contributed by atoms with E-state index in [9.17, 15) is 4.79 Å². The molecule has 7 heteroatoms. The molecule has 118 valence electrons. The Balaban J connectivity index is 1.95. The van der Waals surface area contributed by atoms with E-state index in [1.807, 2.05) is 36.6 Å². The topological polar surface area (TPSA) is 59.8 Å². The van der Waals surface area contributed by atoms with Gasteiger partial charge in [-0.25, -0.2) is 0 Å². The van der Waals surface area contributed by atoms with Gasteiger partial charge in [-0.3, -0.25) is 4.79 Å². The van der Waals surface area contributed by atoms with Crippen LogP contribution >= 0.6 is 34.4 Å². The van der Waals surface area contributed by atoms with Crippen LogP contribution in [0.3, 0.4) is 0 Å². The predicted molar refractivity (Wildman–Crippen MR) is 98.3 cm³/mol. The number of aryl methyl sites for hydroxylation is 2. The molecule has 0 bridgehead atoms. The fourth-order valence-electron chi connectivity index (χ4n) is 2.03. The first-order chi connectivity index (χ1) is 10.5.